The summed E-state index contributed by atoms with van der Waals surface area (Å²) in [6.07, 6.45) is 2.53. The van der Waals surface area contributed by atoms with Gasteiger partial charge in [0.25, 0.3) is 0 Å². The van der Waals surface area contributed by atoms with E-state index in [4.69, 9.17) is 9.47 Å². The molecular formula is C25H32N2O4. The predicted molar refractivity (Wildman–Crippen MR) is 120 cm³/mol. The normalized spacial score (nSPS) is 15.2. The summed E-state index contributed by atoms with van der Waals surface area (Å²) in [5.74, 6) is 0.604. The molecule has 1 fully saturated rings. The molecule has 3 rings (SSSR count). The van der Waals surface area contributed by atoms with Crippen molar-refractivity contribution in [1.82, 2.24) is 10.2 Å². The van der Waals surface area contributed by atoms with E-state index in [2.05, 4.69) is 17.4 Å². The molecule has 166 valence electrons. The van der Waals surface area contributed by atoms with Crippen molar-refractivity contribution >= 4 is 12.0 Å². The van der Waals surface area contributed by atoms with E-state index in [1.807, 2.05) is 55.5 Å². The minimum Gasteiger partial charge on any atom is -0.494 e. The van der Waals surface area contributed by atoms with Crippen LogP contribution in [0.5, 0.6) is 5.75 Å². The SMILES string of the molecule is CCOC(=O)C1(CCOc2ccccc2)CCN(C(=O)NCCc2ccccc2)CC1. The van der Waals surface area contributed by atoms with E-state index >= 15 is 0 Å². The number of benzene rings is 2. The molecular weight excluding hydrogens is 392 g/mol. The molecule has 1 saturated heterocycles. The number of ether oxygens (including phenoxy) is 2. The summed E-state index contributed by atoms with van der Waals surface area (Å²) in [7, 11) is 0. The van der Waals surface area contributed by atoms with Crippen LogP contribution >= 0.6 is 0 Å². The Morgan fingerprint density at radius 1 is 1.00 bits per heavy atom. The van der Waals surface area contributed by atoms with E-state index in [0.29, 0.717) is 52.1 Å². The Bertz CT molecular complexity index is 818. The summed E-state index contributed by atoms with van der Waals surface area (Å²) in [5, 5.41) is 2.99. The van der Waals surface area contributed by atoms with Gasteiger partial charge in [-0.3, -0.25) is 4.79 Å². The molecule has 1 heterocycles. The minimum atomic E-state index is -0.606. The van der Waals surface area contributed by atoms with Gasteiger partial charge in [0.05, 0.1) is 18.6 Å². The van der Waals surface area contributed by atoms with Crippen LogP contribution in [0.25, 0.3) is 0 Å². The second-order valence-electron chi connectivity index (χ2n) is 7.87. The van der Waals surface area contributed by atoms with Crippen molar-refractivity contribution in [2.24, 2.45) is 5.41 Å². The molecule has 1 N–H and O–H groups in total. The van der Waals surface area contributed by atoms with Crippen molar-refractivity contribution in [3.8, 4) is 5.75 Å². The molecule has 1 aliphatic rings. The summed E-state index contributed by atoms with van der Waals surface area (Å²) in [6.45, 7) is 4.26. The highest BCUT2D eigenvalue weighted by molar-refractivity contribution is 5.78. The molecule has 0 bridgehead atoms. The molecule has 0 aromatic heterocycles. The Morgan fingerprint density at radius 3 is 2.29 bits per heavy atom. The number of urea groups is 1. The Morgan fingerprint density at radius 2 is 1.65 bits per heavy atom. The van der Waals surface area contributed by atoms with Gasteiger partial charge in [0.2, 0.25) is 0 Å². The van der Waals surface area contributed by atoms with Crippen LogP contribution in [0.4, 0.5) is 4.79 Å². The van der Waals surface area contributed by atoms with Crippen molar-refractivity contribution in [3.05, 3.63) is 66.2 Å². The van der Waals surface area contributed by atoms with E-state index in [0.717, 1.165) is 12.2 Å². The third kappa shape index (κ3) is 6.48. The van der Waals surface area contributed by atoms with Gasteiger partial charge in [-0.2, -0.15) is 0 Å². The smallest absolute Gasteiger partial charge is 0.317 e. The van der Waals surface area contributed by atoms with Crippen LogP contribution in [0.2, 0.25) is 0 Å². The topological polar surface area (TPSA) is 67.9 Å². The second kappa shape index (κ2) is 11.4. The lowest BCUT2D eigenvalue weighted by Crippen LogP contribution is -2.50. The number of para-hydroxylation sites is 1. The zero-order valence-corrected chi connectivity index (χ0v) is 18.2. The molecule has 0 saturated carbocycles. The lowest BCUT2D eigenvalue weighted by Gasteiger charge is -2.39. The molecule has 0 radical (unpaired) electrons. The lowest BCUT2D eigenvalue weighted by molar-refractivity contribution is -0.159. The molecule has 2 amide bonds. The number of rotatable bonds is 9. The Balaban J connectivity index is 1.49. The highest BCUT2D eigenvalue weighted by atomic mass is 16.5. The molecule has 6 heteroatoms. The van der Waals surface area contributed by atoms with Crippen molar-refractivity contribution in [3.63, 3.8) is 0 Å². The molecule has 2 aromatic carbocycles. The van der Waals surface area contributed by atoms with Gasteiger partial charge in [-0.15, -0.1) is 0 Å². The van der Waals surface area contributed by atoms with E-state index in [1.54, 1.807) is 4.90 Å². The van der Waals surface area contributed by atoms with Gasteiger partial charge in [-0.05, 0) is 50.3 Å². The van der Waals surface area contributed by atoms with Gasteiger partial charge in [0.15, 0.2) is 0 Å². The molecule has 1 aliphatic heterocycles. The van der Waals surface area contributed by atoms with Crippen LogP contribution in [0.3, 0.4) is 0 Å². The fourth-order valence-electron chi connectivity index (χ4n) is 3.93. The maximum absolute atomic E-state index is 12.8. The van der Waals surface area contributed by atoms with E-state index in [9.17, 15) is 9.59 Å². The summed E-state index contributed by atoms with van der Waals surface area (Å²) in [4.78, 5) is 27.1. The number of esters is 1. The largest absolute Gasteiger partial charge is 0.494 e. The van der Waals surface area contributed by atoms with Crippen LogP contribution in [-0.2, 0) is 16.0 Å². The summed E-state index contributed by atoms with van der Waals surface area (Å²) in [6, 6.07) is 19.6. The van der Waals surface area contributed by atoms with E-state index < -0.39 is 5.41 Å². The Hall–Kier alpha value is -3.02. The first kappa shape index (κ1) is 22.7. The van der Waals surface area contributed by atoms with Gasteiger partial charge in [0.1, 0.15) is 5.75 Å². The zero-order valence-electron chi connectivity index (χ0n) is 18.2. The molecule has 0 aliphatic carbocycles. The first-order valence-corrected chi connectivity index (χ1v) is 11.0. The monoisotopic (exact) mass is 424 g/mol. The fourth-order valence-corrected chi connectivity index (χ4v) is 3.93. The maximum Gasteiger partial charge on any atom is 0.317 e. The lowest BCUT2D eigenvalue weighted by atomic mass is 9.76. The number of nitrogens with zero attached hydrogens (tertiary/aromatic N) is 1. The van der Waals surface area contributed by atoms with Crippen molar-refractivity contribution in [1.29, 1.82) is 0 Å². The van der Waals surface area contributed by atoms with Crippen molar-refractivity contribution in [2.75, 3.05) is 32.8 Å². The van der Waals surface area contributed by atoms with E-state index in [1.165, 1.54) is 5.56 Å². The predicted octanol–water partition coefficient (Wildman–Crippen LogP) is 4.05. The number of amides is 2. The summed E-state index contributed by atoms with van der Waals surface area (Å²) in [5.41, 5.74) is 0.590. The van der Waals surface area contributed by atoms with Crippen LogP contribution in [0, 0.1) is 5.41 Å². The quantitative estimate of drug-likeness (QED) is 0.617. The minimum absolute atomic E-state index is 0.0751. The zero-order chi connectivity index (χ0) is 21.9. The van der Waals surface area contributed by atoms with Gasteiger partial charge in [-0.25, -0.2) is 4.79 Å². The van der Waals surface area contributed by atoms with Crippen LogP contribution in [0.15, 0.2) is 60.7 Å². The molecule has 2 aromatic rings. The summed E-state index contributed by atoms with van der Waals surface area (Å²) < 4.78 is 11.2. The van der Waals surface area contributed by atoms with Crippen LogP contribution in [0.1, 0.15) is 31.7 Å². The number of hydrogen-bond acceptors (Lipinski definition) is 4. The first-order valence-electron chi connectivity index (χ1n) is 11.0. The molecule has 0 unspecified atom stereocenters. The number of likely N-dealkylation sites (tertiary alicyclic amines) is 1. The average molecular weight is 425 g/mol. The third-order valence-corrected chi connectivity index (χ3v) is 5.84. The van der Waals surface area contributed by atoms with E-state index in [-0.39, 0.29) is 12.0 Å². The van der Waals surface area contributed by atoms with Crippen molar-refractivity contribution < 1.29 is 19.1 Å². The average Bonchev–Trinajstić information content (AvgIpc) is 2.81. The number of piperidine rings is 1. The Labute approximate surface area is 184 Å². The molecule has 0 atom stereocenters. The standard InChI is InChI=1S/C25H32N2O4/c1-2-30-23(28)25(16-20-31-22-11-7-4-8-12-22)14-18-27(19-15-25)24(29)26-17-13-21-9-5-3-6-10-21/h3-12H,2,13-20H2,1H3,(H,26,29). The van der Waals surface area contributed by atoms with Gasteiger partial charge >= 0.3 is 12.0 Å². The Kier molecular flexibility index (Phi) is 8.33. The van der Waals surface area contributed by atoms with Crippen LogP contribution < -0.4 is 10.1 Å². The number of nitrogens with one attached hydrogen (secondary N) is 1. The first-order chi connectivity index (χ1) is 15.1. The molecule has 31 heavy (non-hydrogen) atoms. The van der Waals surface area contributed by atoms with Gasteiger partial charge < -0.3 is 19.7 Å². The third-order valence-electron chi connectivity index (χ3n) is 5.84. The maximum atomic E-state index is 12.8. The number of carbonyl (C=O) groups is 2. The van der Waals surface area contributed by atoms with Gasteiger partial charge in [0, 0.05) is 19.6 Å². The fraction of sp³-hybridized carbons (Fsp3) is 0.440. The molecule has 6 nitrogen and oxygen atoms in total. The second-order valence-corrected chi connectivity index (χ2v) is 7.87. The van der Waals surface area contributed by atoms with Crippen LogP contribution in [-0.4, -0.2) is 49.7 Å². The highest BCUT2D eigenvalue weighted by Crippen LogP contribution is 2.36. The van der Waals surface area contributed by atoms with Crippen molar-refractivity contribution in [2.45, 2.75) is 32.6 Å². The molecule has 0 spiro atoms. The summed E-state index contributed by atoms with van der Waals surface area (Å²) >= 11 is 0. The van der Waals surface area contributed by atoms with Gasteiger partial charge in [-0.1, -0.05) is 48.5 Å². The number of carbonyl (C=O) groups excluding carboxylic acids is 2. The highest BCUT2D eigenvalue weighted by Gasteiger charge is 2.43. The number of hydrogen-bond donors (Lipinski definition) is 1.